The number of carbonyl (C=O) groups excluding carboxylic acids is 1. The van der Waals surface area contributed by atoms with Crippen molar-refractivity contribution in [3.05, 3.63) is 23.0 Å². The van der Waals surface area contributed by atoms with Gasteiger partial charge in [-0.3, -0.25) is 4.79 Å². The lowest BCUT2D eigenvalue weighted by Gasteiger charge is -2.45. The number of amides is 1. The van der Waals surface area contributed by atoms with E-state index in [0.717, 1.165) is 23.7 Å². The van der Waals surface area contributed by atoms with Crippen molar-refractivity contribution in [1.82, 2.24) is 14.8 Å². The maximum Gasteiger partial charge on any atom is 0.253 e. The molecule has 3 rings (SSSR count). The van der Waals surface area contributed by atoms with Crippen LogP contribution in [-0.2, 0) is 0 Å². The predicted octanol–water partition coefficient (Wildman–Crippen LogP) is 3.68. The molecular weight excluding hydrogens is 298 g/mol. The van der Waals surface area contributed by atoms with E-state index in [-0.39, 0.29) is 11.4 Å². The first-order valence-corrected chi connectivity index (χ1v) is 9.48. The molecule has 4 nitrogen and oxygen atoms in total. The van der Waals surface area contributed by atoms with Crippen molar-refractivity contribution >= 4 is 5.91 Å². The zero-order valence-electron chi connectivity index (χ0n) is 16.0. The van der Waals surface area contributed by atoms with Crippen LogP contribution in [0, 0.1) is 19.8 Å². The Morgan fingerprint density at radius 3 is 2.62 bits per heavy atom. The van der Waals surface area contributed by atoms with Gasteiger partial charge in [0.2, 0.25) is 0 Å². The summed E-state index contributed by atoms with van der Waals surface area (Å²) >= 11 is 0. The van der Waals surface area contributed by atoms with Crippen LogP contribution in [0.4, 0.5) is 0 Å². The van der Waals surface area contributed by atoms with Gasteiger partial charge in [-0.1, -0.05) is 19.8 Å². The van der Waals surface area contributed by atoms with Crippen LogP contribution in [0.2, 0.25) is 0 Å². The molecule has 2 aliphatic rings. The van der Waals surface area contributed by atoms with E-state index >= 15 is 0 Å². The van der Waals surface area contributed by atoms with E-state index in [4.69, 9.17) is 0 Å². The molecule has 1 N–H and O–H groups in total. The summed E-state index contributed by atoms with van der Waals surface area (Å²) in [7, 11) is 4.31. The third kappa shape index (κ3) is 3.26. The van der Waals surface area contributed by atoms with Crippen molar-refractivity contribution in [1.29, 1.82) is 0 Å². The Morgan fingerprint density at radius 2 is 2.04 bits per heavy atom. The van der Waals surface area contributed by atoms with E-state index in [9.17, 15) is 4.79 Å². The first-order valence-electron chi connectivity index (χ1n) is 9.48. The number of nitrogens with one attached hydrogen (secondary N) is 1. The largest absolute Gasteiger partial charge is 0.350 e. The first kappa shape index (κ1) is 17.5. The van der Waals surface area contributed by atoms with Crippen LogP contribution >= 0.6 is 0 Å². The van der Waals surface area contributed by atoms with Gasteiger partial charge >= 0.3 is 0 Å². The van der Waals surface area contributed by atoms with Crippen molar-refractivity contribution < 1.29 is 4.79 Å². The molecule has 1 aromatic heterocycles. The lowest BCUT2D eigenvalue weighted by molar-refractivity contribution is 0.0675. The SMILES string of the molecule is Cc1cc(C(=O)NCC2(N(C)C)CCCC(C)C2)c(C)n1C1CC1. The maximum absolute atomic E-state index is 12.8. The van der Waals surface area contributed by atoms with Gasteiger partial charge < -0.3 is 14.8 Å². The normalized spacial score (nSPS) is 27.5. The van der Waals surface area contributed by atoms with E-state index in [1.165, 1.54) is 44.2 Å². The number of carbonyl (C=O) groups is 1. The lowest BCUT2D eigenvalue weighted by Crippen LogP contribution is -2.55. The molecule has 2 saturated carbocycles. The van der Waals surface area contributed by atoms with Gasteiger partial charge in [-0.05, 0) is 65.6 Å². The fourth-order valence-corrected chi connectivity index (χ4v) is 4.60. The molecule has 4 heteroatoms. The van der Waals surface area contributed by atoms with Gasteiger partial charge in [0.1, 0.15) is 0 Å². The summed E-state index contributed by atoms with van der Waals surface area (Å²) in [6.07, 6.45) is 7.41. The van der Waals surface area contributed by atoms with Crippen LogP contribution in [0.15, 0.2) is 6.07 Å². The second-order valence-corrected chi connectivity index (χ2v) is 8.39. The summed E-state index contributed by atoms with van der Waals surface area (Å²) in [6, 6.07) is 2.69. The third-order valence-electron chi connectivity index (χ3n) is 6.24. The lowest BCUT2D eigenvalue weighted by atomic mass is 9.75. The minimum Gasteiger partial charge on any atom is -0.350 e. The van der Waals surface area contributed by atoms with Crippen molar-refractivity contribution in [3.63, 3.8) is 0 Å². The fraction of sp³-hybridized carbons (Fsp3) is 0.750. The standard InChI is InChI=1S/C20H33N3O/c1-14-7-6-10-20(12-14,22(4)5)13-21-19(24)18-11-15(2)23(16(18)3)17-8-9-17/h11,14,17H,6-10,12-13H2,1-5H3,(H,21,24). The summed E-state index contributed by atoms with van der Waals surface area (Å²) in [4.78, 5) is 15.1. The van der Waals surface area contributed by atoms with Gasteiger partial charge in [0, 0.05) is 29.5 Å². The number of aromatic nitrogens is 1. The second kappa shape index (κ2) is 6.55. The quantitative estimate of drug-likeness (QED) is 0.893. The van der Waals surface area contributed by atoms with E-state index in [1.54, 1.807) is 0 Å². The molecule has 2 unspecified atom stereocenters. The third-order valence-corrected chi connectivity index (χ3v) is 6.24. The highest BCUT2D eigenvalue weighted by atomic mass is 16.1. The van der Waals surface area contributed by atoms with Crippen molar-refractivity contribution in [2.75, 3.05) is 20.6 Å². The minimum atomic E-state index is 0.0921. The van der Waals surface area contributed by atoms with Crippen LogP contribution in [0.1, 0.15) is 73.2 Å². The first-order chi connectivity index (χ1) is 11.3. The summed E-state index contributed by atoms with van der Waals surface area (Å²) < 4.78 is 2.35. The van der Waals surface area contributed by atoms with Crippen molar-refractivity contribution in [3.8, 4) is 0 Å². The molecule has 1 heterocycles. The van der Waals surface area contributed by atoms with Crippen molar-refractivity contribution in [2.24, 2.45) is 5.92 Å². The Morgan fingerprint density at radius 1 is 1.33 bits per heavy atom. The Labute approximate surface area is 146 Å². The number of rotatable bonds is 5. The molecule has 0 spiro atoms. The van der Waals surface area contributed by atoms with E-state index in [2.05, 4.69) is 55.7 Å². The molecule has 0 bridgehead atoms. The monoisotopic (exact) mass is 331 g/mol. The zero-order valence-corrected chi connectivity index (χ0v) is 16.0. The molecule has 0 radical (unpaired) electrons. The van der Waals surface area contributed by atoms with Gasteiger partial charge in [0.05, 0.1) is 5.56 Å². The molecule has 0 saturated heterocycles. The molecule has 2 atom stereocenters. The average molecular weight is 332 g/mol. The minimum absolute atomic E-state index is 0.0921. The molecule has 1 amide bonds. The average Bonchev–Trinajstić information content (AvgIpc) is 3.30. The molecule has 2 aliphatic carbocycles. The van der Waals surface area contributed by atoms with Crippen LogP contribution in [0.25, 0.3) is 0 Å². The highest BCUT2D eigenvalue weighted by molar-refractivity contribution is 5.95. The van der Waals surface area contributed by atoms with Crippen molar-refractivity contribution in [2.45, 2.75) is 70.9 Å². The topological polar surface area (TPSA) is 37.3 Å². The Kier molecular flexibility index (Phi) is 4.78. The van der Waals surface area contributed by atoms with Gasteiger partial charge in [-0.2, -0.15) is 0 Å². The van der Waals surface area contributed by atoms with Gasteiger partial charge in [0.25, 0.3) is 5.91 Å². The smallest absolute Gasteiger partial charge is 0.253 e. The second-order valence-electron chi connectivity index (χ2n) is 8.39. The summed E-state index contributed by atoms with van der Waals surface area (Å²) in [6.45, 7) is 7.29. The fourth-order valence-electron chi connectivity index (χ4n) is 4.60. The molecule has 0 aliphatic heterocycles. The molecular formula is C20H33N3O. The van der Waals surface area contributed by atoms with E-state index in [0.29, 0.717) is 6.04 Å². The predicted molar refractivity (Wildman–Crippen MR) is 98.6 cm³/mol. The zero-order chi connectivity index (χ0) is 17.5. The van der Waals surface area contributed by atoms with Gasteiger partial charge in [-0.15, -0.1) is 0 Å². The number of aryl methyl sites for hydroxylation is 1. The molecule has 2 fully saturated rings. The van der Waals surface area contributed by atoms with Gasteiger partial charge in [-0.25, -0.2) is 0 Å². The maximum atomic E-state index is 12.8. The highest BCUT2D eigenvalue weighted by Gasteiger charge is 2.37. The molecule has 134 valence electrons. The molecule has 24 heavy (non-hydrogen) atoms. The Hall–Kier alpha value is -1.29. The molecule has 1 aromatic rings. The van der Waals surface area contributed by atoms with Crippen LogP contribution in [0.5, 0.6) is 0 Å². The Bertz CT molecular complexity index is 615. The van der Waals surface area contributed by atoms with Crippen LogP contribution in [0.3, 0.4) is 0 Å². The molecule has 0 aromatic carbocycles. The van der Waals surface area contributed by atoms with E-state index in [1.807, 2.05) is 0 Å². The van der Waals surface area contributed by atoms with Crippen LogP contribution < -0.4 is 5.32 Å². The van der Waals surface area contributed by atoms with Crippen LogP contribution in [-0.4, -0.2) is 41.6 Å². The summed E-state index contributed by atoms with van der Waals surface area (Å²) in [5, 5.41) is 3.26. The summed E-state index contributed by atoms with van der Waals surface area (Å²) in [5.74, 6) is 0.826. The number of hydrogen-bond acceptors (Lipinski definition) is 2. The summed E-state index contributed by atoms with van der Waals surface area (Å²) in [5.41, 5.74) is 3.31. The Balaban J connectivity index is 1.71. The van der Waals surface area contributed by atoms with E-state index < -0.39 is 0 Å². The highest BCUT2D eigenvalue weighted by Crippen LogP contribution is 2.38. The van der Waals surface area contributed by atoms with Gasteiger partial charge in [0.15, 0.2) is 0 Å². The number of hydrogen-bond donors (Lipinski definition) is 1. The number of nitrogens with zero attached hydrogens (tertiary/aromatic N) is 2. The number of likely N-dealkylation sites (N-methyl/N-ethyl adjacent to an activating group) is 1.